The first-order valence-electron chi connectivity index (χ1n) is 2.63. The van der Waals surface area contributed by atoms with Crippen LogP contribution in [0.2, 0.25) is 0 Å². The Hall–Kier alpha value is -0.190. The van der Waals surface area contributed by atoms with Gasteiger partial charge in [-0.05, 0) is 13.0 Å². The van der Waals surface area contributed by atoms with Crippen LogP contribution in [0.4, 0.5) is 0 Å². The Balaban J connectivity index is 2.82. The first kappa shape index (κ1) is 6.92. The van der Waals surface area contributed by atoms with Crippen molar-refractivity contribution in [2.24, 2.45) is 9.98 Å². The van der Waals surface area contributed by atoms with Gasteiger partial charge in [0.25, 0.3) is 0 Å². The predicted molar refractivity (Wildman–Crippen MR) is 48.5 cm³/mol. The fraction of sp³-hybridized carbons (Fsp3) is 0.333. The van der Waals surface area contributed by atoms with Crippen molar-refractivity contribution in [3.8, 4) is 0 Å². The SMILES string of the molecule is CC1(I)C=CN=CN=C1. The molecule has 0 aromatic heterocycles. The minimum Gasteiger partial charge on any atom is -0.248 e. The molecular formula is C6H7IN2. The third-order valence-corrected chi connectivity index (χ3v) is 1.58. The number of aliphatic imine (C=N–C) groups is 2. The molecule has 3 heteroatoms. The molecule has 0 aromatic rings. The highest BCUT2D eigenvalue weighted by atomic mass is 127. The van der Waals surface area contributed by atoms with Crippen molar-refractivity contribution >= 4 is 35.1 Å². The molecule has 0 saturated carbocycles. The second-order valence-corrected chi connectivity index (χ2v) is 4.33. The van der Waals surface area contributed by atoms with Crippen molar-refractivity contribution in [3.63, 3.8) is 0 Å². The lowest BCUT2D eigenvalue weighted by Gasteiger charge is -2.07. The van der Waals surface area contributed by atoms with Gasteiger partial charge < -0.3 is 0 Å². The van der Waals surface area contributed by atoms with Gasteiger partial charge in [0.05, 0.1) is 3.42 Å². The van der Waals surface area contributed by atoms with E-state index in [1.807, 2.05) is 12.3 Å². The molecule has 0 spiro atoms. The third kappa shape index (κ3) is 2.26. The van der Waals surface area contributed by atoms with Crippen LogP contribution in [0, 0.1) is 0 Å². The molecule has 0 aliphatic carbocycles. The van der Waals surface area contributed by atoms with E-state index in [0.29, 0.717) is 0 Å². The van der Waals surface area contributed by atoms with Crippen molar-refractivity contribution < 1.29 is 0 Å². The molecule has 0 bridgehead atoms. The number of hydrogen-bond donors (Lipinski definition) is 0. The molecule has 2 nitrogen and oxygen atoms in total. The Morgan fingerprint density at radius 3 is 3.00 bits per heavy atom. The van der Waals surface area contributed by atoms with Gasteiger partial charge in [-0.25, -0.2) is 9.98 Å². The molecule has 1 unspecified atom stereocenters. The minimum absolute atomic E-state index is 0.0360. The van der Waals surface area contributed by atoms with Gasteiger partial charge in [0.1, 0.15) is 6.34 Å². The molecule has 0 saturated heterocycles. The molecule has 0 N–H and O–H groups in total. The lowest BCUT2D eigenvalue weighted by atomic mass is 10.2. The van der Waals surface area contributed by atoms with Crippen molar-refractivity contribution in [2.45, 2.75) is 10.3 Å². The summed E-state index contributed by atoms with van der Waals surface area (Å²) in [5.74, 6) is 0. The number of nitrogens with zero attached hydrogens (tertiary/aromatic N) is 2. The van der Waals surface area contributed by atoms with Crippen LogP contribution < -0.4 is 0 Å². The van der Waals surface area contributed by atoms with E-state index in [-0.39, 0.29) is 3.42 Å². The Morgan fingerprint density at radius 2 is 2.22 bits per heavy atom. The van der Waals surface area contributed by atoms with E-state index in [2.05, 4.69) is 39.5 Å². The maximum absolute atomic E-state index is 3.94. The van der Waals surface area contributed by atoms with Gasteiger partial charge in [-0.3, -0.25) is 0 Å². The molecule has 0 fully saturated rings. The summed E-state index contributed by atoms with van der Waals surface area (Å²) in [6.45, 7) is 2.07. The highest BCUT2D eigenvalue weighted by Crippen LogP contribution is 2.17. The Bertz CT molecular complexity index is 161. The van der Waals surface area contributed by atoms with Crippen LogP contribution in [0.15, 0.2) is 22.3 Å². The molecule has 48 valence electrons. The van der Waals surface area contributed by atoms with Gasteiger partial charge in [0.15, 0.2) is 0 Å². The molecule has 1 atom stereocenters. The summed E-state index contributed by atoms with van der Waals surface area (Å²) in [4.78, 5) is 7.80. The average molecular weight is 234 g/mol. The third-order valence-electron chi connectivity index (χ3n) is 0.947. The molecule has 1 heterocycles. The average Bonchev–Trinajstić information content (AvgIpc) is 1.92. The van der Waals surface area contributed by atoms with Crippen molar-refractivity contribution in [3.05, 3.63) is 12.3 Å². The van der Waals surface area contributed by atoms with Gasteiger partial charge in [-0.15, -0.1) is 0 Å². The zero-order valence-electron chi connectivity index (χ0n) is 5.08. The van der Waals surface area contributed by atoms with Crippen molar-refractivity contribution in [1.82, 2.24) is 0 Å². The predicted octanol–water partition coefficient (Wildman–Crippen LogP) is 1.81. The first-order chi connectivity index (χ1) is 4.21. The van der Waals surface area contributed by atoms with E-state index >= 15 is 0 Å². The molecule has 0 amide bonds. The smallest absolute Gasteiger partial charge is 0.114 e. The number of alkyl halides is 1. The van der Waals surface area contributed by atoms with Gasteiger partial charge in [0, 0.05) is 12.4 Å². The Morgan fingerprint density at radius 1 is 1.44 bits per heavy atom. The molecule has 9 heavy (non-hydrogen) atoms. The summed E-state index contributed by atoms with van der Waals surface area (Å²) in [5, 5.41) is 0. The quantitative estimate of drug-likeness (QED) is 0.451. The summed E-state index contributed by atoms with van der Waals surface area (Å²) >= 11 is 2.30. The highest BCUT2D eigenvalue weighted by molar-refractivity contribution is 14.1. The fourth-order valence-electron chi connectivity index (χ4n) is 0.488. The molecule has 1 aliphatic heterocycles. The molecule has 0 aromatic carbocycles. The van der Waals surface area contributed by atoms with Crippen LogP contribution in [0.1, 0.15) is 6.92 Å². The van der Waals surface area contributed by atoms with Gasteiger partial charge in [-0.1, -0.05) is 22.6 Å². The van der Waals surface area contributed by atoms with Gasteiger partial charge >= 0.3 is 0 Å². The normalized spacial score (nSPS) is 32.7. The number of halogens is 1. The number of hydrogen-bond acceptors (Lipinski definition) is 2. The number of rotatable bonds is 0. The van der Waals surface area contributed by atoms with Gasteiger partial charge in [0.2, 0.25) is 0 Å². The lowest BCUT2D eigenvalue weighted by molar-refractivity contribution is 1.14. The van der Waals surface area contributed by atoms with Crippen LogP contribution in [-0.2, 0) is 0 Å². The first-order valence-corrected chi connectivity index (χ1v) is 3.71. The maximum Gasteiger partial charge on any atom is 0.114 e. The highest BCUT2D eigenvalue weighted by Gasteiger charge is 2.12. The second-order valence-electron chi connectivity index (χ2n) is 2.01. The maximum atomic E-state index is 3.94. The van der Waals surface area contributed by atoms with E-state index in [9.17, 15) is 0 Å². The summed E-state index contributed by atoms with van der Waals surface area (Å²) in [6, 6.07) is 0. The monoisotopic (exact) mass is 234 g/mol. The van der Waals surface area contributed by atoms with Crippen LogP contribution in [0.3, 0.4) is 0 Å². The fourth-order valence-corrected chi connectivity index (χ4v) is 0.809. The Kier molecular flexibility index (Phi) is 2.00. The van der Waals surface area contributed by atoms with Crippen LogP contribution in [-0.4, -0.2) is 16.0 Å². The van der Waals surface area contributed by atoms with E-state index in [1.165, 1.54) is 0 Å². The summed E-state index contributed by atoms with van der Waals surface area (Å²) in [5.41, 5.74) is 0. The standard InChI is InChI=1S/C6H7IN2/c1-6(7)2-3-8-5-9-4-6/h2-5H,1H3. The minimum atomic E-state index is 0.0360. The van der Waals surface area contributed by atoms with Crippen LogP contribution in [0.25, 0.3) is 0 Å². The van der Waals surface area contributed by atoms with E-state index in [1.54, 1.807) is 12.5 Å². The topological polar surface area (TPSA) is 24.7 Å². The largest absolute Gasteiger partial charge is 0.248 e. The van der Waals surface area contributed by atoms with E-state index in [4.69, 9.17) is 0 Å². The zero-order chi connectivity index (χ0) is 6.74. The zero-order valence-corrected chi connectivity index (χ0v) is 7.24. The van der Waals surface area contributed by atoms with Crippen molar-refractivity contribution in [1.29, 1.82) is 0 Å². The van der Waals surface area contributed by atoms with Gasteiger partial charge in [-0.2, -0.15) is 0 Å². The number of allylic oxidation sites excluding steroid dienone is 1. The molecule has 0 radical (unpaired) electrons. The second kappa shape index (κ2) is 2.60. The van der Waals surface area contributed by atoms with Crippen LogP contribution >= 0.6 is 22.6 Å². The van der Waals surface area contributed by atoms with E-state index < -0.39 is 0 Å². The van der Waals surface area contributed by atoms with Crippen LogP contribution in [0.5, 0.6) is 0 Å². The lowest BCUT2D eigenvalue weighted by Crippen LogP contribution is -2.11. The molecular weight excluding hydrogens is 227 g/mol. The molecule has 1 aliphatic rings. The summed E-state index contributed by atoms with van der Waals surface area (Å²) < 4.78 is 0.0360. The summed E-state index contributed by atoms with van der Waals surface area (Å²) in [6.07, 6.45) is 7.17. The van der Waals surface area contributed by atoms with E-state index in [0.717, 1.165) is 0 Å². The Labute approximate surface area is 67.9 Å². The van der Waals surface area contributed by atoms with Crippen molar-refractivity contribution in [2.75, 3.05) is 0 Å². The summed E-state index contributed by atoms with van der Waals surface area (Å²) in [7, 11) is 0. The molecule has 1 rings (SSSR count).